The number of aromatic nitrogens is 3. The molecule has 0 amide bonds. The van der Waals surface area contributed by atoms with Crippen LogP contribution in [0.25, 0.3) is 5.82 Å². The predicted molar refractivity (Wildman–Crippen MR) is 58.8 cm³/mol. The van der Waals surface area contributed by atoms with Crippen LogP contribution in [-0.2, 0) is 0 Å². The van der Waals surface area contributed by atoms with Gasteiger partial charge in [0.05, 0.1) is 5.02 Å². The quantitative estimate of drug-likeness (QED) is 0.808. The van der Waals surface area contributed by atoms with E-state index in [0.29, 0.717) is 21.1 Å². The van der Waals surface area contributed by atoms with E-state index in [2.05, 4.69) is 26.0 Å². The van der Waals surface area contributed by atoms with Gasteiger partial charge in [-0.1, -0.05) is 11.6 Å². The second-order valence-corrected chi connectivity index (χ2v) is 3.90. The molecular formula is C9H4BrClN4. The predicted octanol–water partition coefficient (Wildman–Crippen LogP) is 2.55. The summed E-state index contributed by atoms with van der Waals surface area (Å²) in [5.41, 5.74) is 0.377. The van der Waals surface area contributed by atoms with Crippen LogP contribution in [0.15, 0.2) is 29.0 Å². The number of nitriles is 1. The Labute approximate surface area is 99.2 Å². The summed E-state index contributed by atoms with van der Waals surface area (Å²) < 4.78 is 1.97. The summed E-state index contributed by atoms with van der Waals surface area (Å²) in [6.45, 7) is 0. The van der Waals surface area contributed by atoms with Crippen LogP contribution in [0.4, 0.5) is 0 Å². The van der Waals surface area contributed by atoms with Crippen molar-refractivity contribution in [2.45, 2.75) is 0 Å². The number of rotatable bonds is 1. The zero-order valence-electron chi connectivity index (χ0n) is 7.35. The Kier molecular flexibility index (Phi) is 2.71. The molecule has 0 saturated carbocycles. The third kappa shape index (κ3) is 1.87. The van der Waals surface area contributed by atoms with E-state index in [-0.39, 0.29) is 0 Å². The molecule has 0 N–H and O–H groups in total. The van der Waals surface area contributed by atoms with E-state index in [4.69, 9.17) is 16.9 Å². The summed E-state index contributed by atoms with van der Waals surface area (Å²) in [4.78, 5) is 4.07. The van der Waals surface area contributed by atoms with Crippen LogP contribution in [0.5, 0.6) is 0 Å². The van der Waals surface area contributed by atoms with Crippen molar-refractivity contribution in [2.24, 2.45) is 0 Å². The number of hydrogen-bond donors (Lipinski definition) is 0. The Morgan fingerprint density at radius 1 is 1.53 bits per heavy atom. The molecule has 2 aromatic rings. The molecule has 6 heteroatoms. The first-order valence-corrected chi connectivity index (χ1v) is 5.16. The minimum Gasteiger partial charge on any atom is -0.236 e. The van der Waals surface area contributed by atoms with Crippen molar-refractivity contribution in [3.63, 3.8) is 0 Å². The van der Waals surface area contributed by atoms with Crippen molar-refractivity contribution in [1.29, 1.82) is 5.26 Å². The molecule has 2 rings (SSSR count). The van der Waals surface area contributed by atoms with Gasteiger partial charge in [-0.05, 0) is 28.1 Å². The Balaban J connectivity index is 2.65. The first-order chi connectivity index (χ1) is 7.22. The highest BCUT2D eigenvalue weighted by Gasteiger charge is 2.11. The lowest BCUT2D eigenvalue weighted by Crippen LogP contribution is -2.02. The van der Waals surface area contributed by atoms with Gasteiger partial charge in [0.1, 0.15) is 16.4 Å². The molecule has 74 valence electrons. The van der Waals surface area contributed by atoms with Gasteiger partial charge in [-0.3, -0.25) is 0 Å². The highest BCUT2D eigenvalue weighted by atomic mass is 79.9. The van der Waals surface area contributed by atoms with Crippen LogP contribution in [0.2, 0.25) is 5.02 Å². The number of pyridine rings is 1. The fourth-order valence-electron chi connectivity index (χ4n) is 1.13. The van der Waals surface area contributed by atoms with Crippen molar-refractivity contribution in [1.82, 2.24) is 14.8 Å². The largest absolute Gasteiger partial charge is 0.236 e. The molecule has 0 radical (unpaired) electrons. The molecule has 2 heterocycles. The smallest absolute Gasteiger partial charge is 0.173 e. The second kappa shape index (κ2) is 4.01. The average Bonchev–Trinajstić information content (AvgIpc) is 2.60. The standard InChI is InChI=1S/C9H4BrClN4/c10-8-4-6(5-12)15(14-8)9-7(11)2-1-3-13-9/h1-4H. The van der Waals surface area contributed by atoms with Crippen molar-refractivity contribution in [3.05, 3.63) is 39.7 Å². The lowest BCUT2D eigenvalue weighted by Gasteiger charge is -2.02. The molecule has 0 spiro atoms. The first kappa shape index (κ1) is 10.1. The molecule has 0 saturated heterocycles. The van der Waals surface area contributed by atoms with E-state index in [9.17, 15) is 0 Å². The van der Waals surface area contributed by atoms with Crippen LogP contribution >= 0.6 is 27.5 Å². The van der Waals surface area contributed by atoms with Crippen LogP contribution in [-0.4, -0.2) is 14.8 Å². The Morgan fingerprint density at radius 2 is 2.33 bits per heavy atom. The monoisotopic (exact) mass is 282 g/mol. The van der Waals surface area contributed by atoms with Crippen LogP contribution in [0.1, 0.15) is 5.69 Å². The molecule has 15 heavy (non-hydrogen) atoms. The maximum atomic E-state index is 8.88. The van der Waals surface area contributed by atoms with Gasteiger partial charge in [0.15, 0.2) is 5.82 Å². The van der Waals surface area contributed by atoms with E-state index in [1.54, 1.807) is 24.4 Å². The third-order valence-corrected chi connectivity index (χ3v) is 2.42. The molecule has 4 nitrogen and oxygen atoms in total. The summed E-state index contributed by atoms with van der Waals surface area (Å²) >= 11 is 9.14. The van der Waals surface area contributed by atoms with E-state index in [0.717, 1.165) is 0 Å². The van der Waals surface area contributed by atoms with Gasteiger partial charge in [0.2, 0.25) is 0 Å². The van der Waals surface area contributed by atoms with Crippen LogP contribution in [0.3, 0.4) is 0 Å². The maximum absolute atomic E-state index is 8.88. The molecule has 0 fully saturated rings. The molecule has 2 aromatic heterocycles. The summed E-state index contributed by atoms with van der Waals surface area (Å²) in [6.07, 6.45) is 1.60. The first-order valence-electron chi connectivity index (χ1n) is 3.99. The van der Waals surface area contributed by atoms with E-state index >= 15 is 0 Å². The molecule has 0 aromatic carbocycles. The minimum absolute atomic E-state index is 0.377. The molecule has 0 unspecified atom stereocenters. The van der Waals surface area contributed by atoms with Gasteiger partial charge in [0, 0.05) is 12.3 Å². The van der Waals surface area contributed by atoms with E-state index in [1.807, 2.05) is 6.07 Å². The SMILES string of the molecule is N#Cc1cc(Br)nn1-c1ncccc1Cl. The van der Waals surface area contributed by atoms with Gasteiger partial charge in [-0.25, -0.2) is 9.67 Å². The lowest BCUT2D eigenvalue weighted by atomic mass is 10.4. The van der Waals surface area contributed by atoms with Crippen molar-refractivity contribution >= 4 is 27.5 Å². The number of nitrogens with zero attached hydrogens (tertiary/aromatic N) is 4. The van der Waals surface area contributed by atoms with Crippen molar-refractivity contribution in [3.8, 4) is 11.9 Å². The lowest BCUT2D eigenvalue weighted by molar-refractivity contribution is 0.827. The van der Waals surface area contributed by atoms with Crippen molar-refractivity contribution < 1.29 is 0 Å². The van der Waals surface area contributed by atoms with Crippen LogP contribution in [0, 0.1) is 11.3 Å². The van der Waals surface area contributed by atoms with Gasteiger partial charge in [0.25, 0.3) is 0 Å². The summed E-state index contributed by atoms with van der Waals surface area (Å²) in [6, 6.07) is 7.03. The molecule has 0 aliphatic heterocycles. The molecule has 0 atom stereocenters. The molecule has 0 bridgehead atoms. The maximum Gasteiger partial charge on any atom is 0.173 e. The molecule has 0 aliphatic carbocycles. The average molecular weight is 284 g/mol. The summed E-state index contributed by atoms with van der Waals surface area (Å²) in [5.74, 6) is 0.446. The Morgan fingerprint density at radius 3 is 3.00 bits per heavy atom. The van der Waals surface area contributed by atoms with Crippen LogP contribution < -0.4 is 0 Å². The molecular weight excluding hydrogens is 279 g/mol. The zero-order valence-corrected chi connectivity index (χ0v) is 9.70. The minimum atomic E-state index is 0.377. The van der Waals surface area contributed by atoms with E-state index < -0.39 is 0 Å². The Bertz CT molecular complexity index is 543. The fraction of sp³-hybridized carbons (Fsp3) is 0. The number of halogens is 2. The van der Waals surface area contributed by atoms with Gasteiger partial charge < -0.3 is 0 Å². The van der Waals surface area contributed by atoms with Crippen molar-refractivity contribution in [2.75, 3.05) is 0 Å². The van der Waals surface area contributed by atoms with Gasteiger partial charge in [-0.2, -0.15) is 10.4 Å². The zero-order chi connectivity index (χ0) is 10.8. The van der Waals surface area contributed by atoms with Gasteiger partial charge in [-0.15, -0.1) is 0 Å². The highest BCUT2D eigenvalue weighted by Crippen LogP contribution is 2.20. The second-order valence-electron chi connectivity index (χ2n) is 2.68. The fourth-order valence-corrected chi connectivity index (χ4v) is 1.70. The third-order valence-electron chi connectivity index (χ3n) is 1.73. The number of hydrogen-bond acceptors (Lipinski definition) is 3. The summed E-state index contributed by atoms with van der Waals surface area (Å²) in [5, 5.41) is 13.4. The topological polar surface area (TPSA) is 54.5 Å². The summed E-state index contributed by atoms with van der Waals surface area (Å²) in [7, 11) is 0. The Hall–Kier alpha value is -1.38. The van der Waals surface area contributed by atoms with Gasteiger partial charge >= 0.3 is 0 Å². The van der Waals surface area contributed by atoms with E-state index in [1.165, 1.54) is 4.68 Å². The normalized spacial score (nSPS) is 9.93. The molecule has 0 aliphatic rings. The highest BCUT2D eigenvalue weighted by molar-refractivity contribution is 9.10.